The molecule has 2 aromatic carbocycles. The fourth-order valence-corrected chi connectivity index (χ4v) is 4.58. The maximum Gasteiger partial charge on any atom is 0.315 e. The monoisotopic (exact) mass is 450 g/mol. The van der Waals surface area contributed by atoms with Crippen LogP contribution in [-0.2, 0) is 13.1 Å². The van der Waals surface area contributed by atoms with Crippen LogP contribution in [0.4, 0.5) is 14.9 Å². The number of carbonyl (C=O) groups excluding carboxylic acids is 2. The number of halogens is 1. The Morgan fingerprint density at radius 2 is 2.03 bits per heavy atom. The SMILES string of the molecule is Cc1cc(-c2nn3c(c2C(=O)Nc2ccc4ncsc4c2)CN(C(N)=O)CC3)ccc1F. The van der Waals surface area contributed by atoms with Gasteiger partial charge in [-0.3, -0.25) is 9.48 Å². The summed E-state index contributed by atoms with van der Waals surface area (Å²) in [5.74, 6) is -0.695. The molecule has 3 heterocycles. The van der Waals surface area contributed by atoms with Crippen molar-refractivity contribution in [3.8, 4) is 11.3 Å². The topological polar surface area (TPSA) is 106 Å². The summed E-state index contributed by atoms with van der Waals surface area (Å²) in [6.45, 7) is 2.63. The Morgan fingerprint density at radius 1 is 1.19 bits per heavy atom. The standard InChI is InChI=1S/C22H19FN6O2S/c1-12-8-13(2-4-15(12)23)20-19(17-10-28(22(24)31)6-7-29(17)27-20)21(30)26-14-3-5-16-18(9-14)32-11-25-16/h2-5,8-9,11H,6-7,10H2,1H3,(H2,24,31)(H,26,30). The van der Waals surface area contributed by atoms with Crippen LogP contribution < -0.4 is 11.1 Å². The first-order chi connectivity index (χ1) is 15.4. The number of thiazole rings is 1. The predicted octanol–water partition coefficient (Wildman–Crippen LogP) is 3.75. The van der Waals surface area contributed by atoms with Crippen molar-refractivity contribution in [1.82, 2.24) is 19.7 Å². The molecule has 3 N–H and O–H groups in total. The van der Waals surface area contributed by atoms with Crippen LogP contribution in [0.2, 0.25) is 0 Å². The van der Waals surface area contributed by atoms with E-state index in [4.69, 9.17) is 5.73 Å². The number of primary amides is 1. The first-order valence-electron chi connectivity index (χ1n) is 9.96. The number of hydrogen-bond donors (Lipinski definition) is 2. The average Bonchev–Trinajstić information content (AvgIpc) is 3.39. The highest BCUT2D eigenvalue weighted by molar-refractivity contribution is 7.16. The van der Waals surface area contributed by atoms with E-state index < -0.39 is 6.03 Å². The van der Waals surface area contributed by atoms with Gasteiger partial charge in [0.1, 0.15) is 11.5 Å². The smallest absolute Gasteiger partial charge is 0.315 e. The maximum atomic E-state index is 13.9. The Labute approximate surface area is 186 Å². The number of hydrogen-bond acceptors (Lipinski definition) is 5. The van der Waals surface area contributed by atoms with Crippen LogP contribution in [0.5, 0.6) is 0 Å². The quantitative estimate of drug-likeness (QED) is 0.496. The molecule has 2 aromatic heterocycles. The van der Waals surface area contributed by atoms with Gasteiger partial charge in [-0.05, 0) is 48.9 Å². The highest BCUT2D eigenvalue weighted by Gasteiger charge is 2.30. The first kappa shape index (κ1) is 20.1. The molecule has 0 aliphatic carbocycles. The lowest BCUT2D eigenvalue weighted by Gasteiger charge is -2.26. The van der Waals surface area contributed by atoms with Crippen LogP contribution >= 0.6 is 11.3 Å². The number of nitrogens with zero attached hydrogens (tertiary/aromatic N) is 4. The molecule has 0 unspecified atom stereocenters. The Bertz CT molecular complexity index is 1380. The van der Waals surface area contributed by atoms with Crippen molar-refractivity contribution < 1.29 is 14.0 Å². The molecule has 8 nitrogen and oxygen atoms in total. The summed E-state index contributed by atoms with van der Waals surface area (Å²) >= 11 is 1.48. The number of nitrogens with two attached hydrogens (primary N) is 1. The molecule has 1 aliphatic rings. The van der Waals surface area contributed by atoms with Crippen molar-refractivity contribution in [3.05, 3.63) is 64.5 Å². The van der Waals surface area contributed by atoms with Gasteiger partial charge < -0.3 is 16.0 Å². The van der Waals surface area contributed by atoms with E-state index in [1.165, 1.54) is 22.3 Å². The summed E-state index contributed by atoms with van der Waals surface area (Å²) in [6, 6.07) is 9.55. The lowest BCUT2D eigenvalue weighted by molar-refractivity contribution is 0.102. The normalized spacial score (nSPS) is 13.2. The minimum absolute atomic E-state index is 0.166. The summed E-state index contributed by atoms with van der Waals surface area (Å²) in [6.07, 6.45) is 0. The Balaban J connectivity index is 1.59. The predicted molar refractivity (Wildman–Crippen MR) is 120 cm³/mol. The van der Waals surface area contributed by atoms with E-state index in [2.05, 4.69) is 15.4 Å². The number of aryl methyl sites for hydroxylation is 1. The number of carbonyl (C=O) groups is 2. The van der Waals surface area contributed by atoms with Gasteiger partial charge in [-0.15, -0.1) is 11.3 Å². The maximum absolute atomic E-state index is 13.9. The van der Waals surface area contributed by atoms with Gasteiger partial charge in [0.2, 0.25) is 0 Å². The Hall–Kier alpha value is -3.79. The van der Waals surface area contributed by atoms with Crippen molar-refractivity contribution in [2.75, 3.05) is 11.9 Å². The number of fused-ring (bicyclic) bond motifs is 2. The molecule has 32 heavy (non-hydrogen) atoms. The molecule has 0 atom stereocenters. The minimum Gasteiger partial charge on any atom is -0.351 e. The first-order valence-corrected chi connectivity index (χ1v) is 10.8. The van der Waals surface area contributed by atoms with Crippen molar-refractivity contribution >= 4 is 39.2 Å². The van der Waals surface area contributed by atoms with E-state index in [9.17, 15) is 14.0 Å². The van der Waals surface area contributed by atoms with Gasteiger partial charge in [-0.2, -0.15) is 5.10 Å². The van der Waals surface area contributed by atoms with E-state index in [1.807, 2.05) is 12.1 Å². The summed E-state index contributed by atoms with van der Waals surface area (Å²) in [5, 5.41) is 7.57. The van der Waals surface area contributed by atoms with Gasteiger partial charge in [0.05, 0.1) is 40.1 Å². The minimum atomic E-state index is -0.557. The second-order valence-corrected chi connectivity index (χ2v) is 8.49. The zero-order chi connectivity index (χ0) is 22.4. The number of urea groups is 1. The molecule has 1 aliphatic heterocycles. The van der Waals surface area contributed by atoms with Crippen LogP contribution in [0.1, 0.15) is 21.6 Å². The van der Waals surface area contributed by atoms with Crippen molar-refractivity contribution in [1.29, 1.82) is 0 Å². The van der Waals surface area contributed by atoms with Crippen LogP contribution in [0.3, 0.4) is 0 Å². The molecule has 10 heteroatoms. The number of rotatable bonds is 3. The molecule has 4 aromatic rings. The lowest BCUT2D eigenvalue weighted by Crippen LogP contribution is -2.42. The van der Waals surface area contributed by atoms with E-state index in [0.29, 0.717) is 46.9 Å². The molecular formula is C22H19FN6O2S. The van der Waals surface area contributed by atoms with E-state index in [1.54, 1.807) is 35.3 Å². The fourth-order valence-electron chi connectivity index (χ4n) is 3.86. The molecule has 0 fully saturated rings. The zero-order valence-electron chi connectivity index (χ0n) is 17.1. The molecule has 5 rings (SSSR count). The second-order valence-electron chi connectivity index (χ2n) is 7.61. The molecule has 0 saturated carbocycles. The second kappa shape index (κ2) is 7.72. The van der Waals surface area contributed by atoms with Crippen LogP contribution in [-0.4, -0.2) is 38.1 Å². The van der Waals surface area contributed by atoms with Gasteiger partial charge in [0.25, 0.3) is 5.91 Å². The van der Waals surface area contributed by atoms with Gasteiger partial charge >= 0.3 is 6.03 Å². The largest absolute Gasteiger partial charge is 0.351 e. The summed E-state index contributed by atoms with van der Waals surface area (Å²) < 4.78 is 16.5. The van der Waals surface area contributed by atoms with Gasteiger partial charge in [-0.1, -0.05) is 0 Å². The van der Waals surface area contributed by atoms with E-state index in [-0.39, 0.29) is 18.3 Å². The highest BCUT2D eigenvalue weighted by atomic mass is 32.1. The summed E-state index contributed by atoms with van der Waals surface area (Å²) in [4.78, 5) is 30.9. The van der Waals surface area contributed by atoms with Crippen molar-refractivity contribution in [3.63, 3.8) is 0 Å². The molecule has 0 saturated heterocycles. The zero-order valence-corrected chi connectivity index (χ0v) is 17.9. The Morgan fingerprint density at radius 3 is 2.81 bits per heavy atom. The molecule has 162 valence electrons. The number of anilines is 1. The van der Waals surface area contributed by atoms with Gasteiger partial charge in [0, 0.05) is 17.8 Å². The third kappa shape index (κ3) is 3.48. The van der Waals surface area contributed by atoms with Gasteiger partial charge in [0.15, 0.2) is 0 Å². The molecular weight excluding hydrogens is 431 g/mol. The Kier molecular flexibility index (Phi) is 4.86. The summed E-state index contributed by atoms with van der Waals surface area (Å²) in [5.41, 5.74) is 11.1. The van der Waals surface area contributed by atoms with Crippen LogP contribution in [0.25, 0.3) is 21.5 Å². The van der Waals surface area contributed by atoms with Crippen LogP contribution in [0, 0.1) is 12.7 Å². The van der Waals surface area contributed by atoms with Crippen molar-refractivity contribution in [2.24, 2.45) is 5.73 Å². The molecule has 0 bridgehead atoms. The van der Waals surface area contributed by atoms with E-state index >= 15 is 0 Å². The third-order valence-corrected chi connectivity index (χ3v) is 6.33. The average molecular weight is 450 g/mol. The molecule has 0 radical (unpaired) electrons. The highest BCUT2D eigenvalue weighted by Crippen LogP contribution is 2.31. The fraction of sp³-hybridized carbons (Fsp3) is 0.182. The number of nitrogens with one attached hydrogen (secondary N) is 1. The molecule has 0 spiro atoms. The van der Waals surface area contributed by atoms with Crippen LogP contribution in [0.15, 0.2) is 41.9 Å². The van der Waals surface area contributed by atoms with Gasteiger partial charge in [-0.25, -0.2) is 14.2 Å². The summed E-state index contributed by atoms with van der Waals surface area (Å²) in [7, 11) is 0. The number of aromatic nitrogens is 3. The lowest BCUT2D eigenvalue weighted by atomic mass is 10.0. The number of amides is 3. The molecule has 3 amide bonds. The number of benzene rings is 2. The van der Waals surface area contributed by atoms with E-state index in [0.717, 1.165) is 10.2 Å². The third-order valence-electron chi connectivity index (χ3n) is 5.54. The van der Waals surface area contributed by atoms with Crippen molar-refractivity contribution in [2.45, 2.75) is 20.0 Å².